The minimum absolute atomic E-state index is 0.116. The third-order valence-electron chi connectivity index (χ3n) is 4.49. The molecule has 1 aromatic heterocycles. The molecular formula is C19H24N4O2. The number of aromatic nitrogens is 1. The minimum Gasteiger partial charge on any atom is -0.508 e. The SMILES string of the molecule is CN1CCN(c2ncccc2CNC(=O)Cc2ccccc2O)CC1. The van der Waals surface area contributed by atoms with E-state index < -0.39 is 0 Å². The molecule has 25 heavy (non-hydrogen) atoms. The van der Waals surface area contributed by atoms with Crippen LogP contribution in [0.3, 0.4) is 0 Å². The van der Waals surface area contributed by atoms with Crippen LogP contribution >= 0.6 is 0 Å². The normalized spacial score (nSPS) is 15.2. The summed E-state index contributed by atoms with van der Waals surface area (Å²) in [4.78, 5) is 21.3. The summed E-state index contributed by atoms with van der Waals surface area (Å²) in [6.07, 6.45) is 1.96. The predicted molar refractivity (Wildman–Crippen MR) is 97.6 cm³/mol. The predicted octanol–water partition coefficient (Wildman–Crippen LogP) is 1.40. The lowest BCUT2D eigenvalue weighted by atomic mass is 10.1. The molecule has 0 saturated carbocycles. The summed E-state index contributed by atoms with van der Waals surface area (Å²) in [7, 11) is 2.12. The van der Waals surface area contributed by atoms with Crippen molar-refractivity contribution in [1.29, 1.82) is 0 Å². The van der Waals surface area contributed by atoms with Crippen LogP contribution in [0.15, 0.2) is 42.6 Å². The number of hydrogen-bond donors (Lipinski definition) is 2. The number of anilines is 1. The van der Waals surface area contributed by atoms with E-state index in [1.165, 1.54) is 0 Å². The zero-order valence-corrected chi connectivity index (χ0v) is 14.5. The lowest BCUT2D eigenvalue weighted by molar-refractivity contribution is -0.120. The first-order valence-corrected chi connectivity index (χ1v) is 8.54. The largest absolute Gasteiger partial charge is 0.508 e. The quantitative estimate of drug-likeness (QED) is 0.861. The number of amides is 1. The van der Waals surface area contributed by atoms with Gasteiger partial charge in [-0.2, -0.15) is 0 Å². The van der Waals surface area contributed by atoms with Gasteiger partial charge in [-0.25, -0.2) is 4.98 Å². The van der Waals surface area contributed by atoms with E-state index in [1.54, 1.807) is 24.4 Å². The zero-order chi connectivity index (χ0) is 17.6. The number of phenolic OH excluding ortho intramolecular Hbond substituents is 1. The third kappa shape index (κ3) is 4.48. The molecule has 0 atom stereocenters. The summed E-state index contributed by atoms with van der Waals surface area (Å²) in [5.41, 5.74) is 1.64. The number of nitrogens with one attached hydrogen (secondary N) is 1. The Morgan fingerprint density at radius 3 is 2.60 bits per heavy atom. The number of benzene rings is 1. The Bertz CT molecular complexity index is 727. The van der Waals surface area contributed by atoms with Gasteiger partial charge in [-0.05, 0) is 19.2 Å². The van der Waals surface area contributed by atoms with Crippen molar-refractivity contribution in [3.8, 4) is 5.75 Å². The van der Waals surface area contributed by atoms with E-state index in [4.69, 9.17) is 0 Å². The van der Waals surface area contributed by atoms with Crippen LogP contribution in [-0.4, -0.2) is 54.1 Å². The van der Waals surface area contributed by atoms with Crippen LogP contribution < -0.4 is 10.2 Å². The molecule has 1 aliphatic rings. The summed E-state index contributed by atoms with van der Waals surface area (Å²) >= 11 is 0. The average Bonchev–Trinajstić information content (AvgIpc) is 2.63. The van der Waals surface area contributed by atoms with Gasteiger partial charge in [0.1, 0.15) is 11.6 Å². The molecule has 2 aromatic rings. The van der Waals surface area contributed by atoms with Crippen molar-refractivity contribution in [2.75, 3.05) is 38.1 Å². The topological polar surface area (TPSA) is 68.7 Å². The van der Waals surface area contributed by atoms with Gasteiger partial charge in [0.2, 0.25) is 5.91 Å². The number of nitrogens with zero attached hydrogens (tertiary/aromatic N) is 3. The number of likely N-dealkylation sites (N-methyl/N-ethyl adjacent to an activating group) is 1. The standard InChI is InChI=1S/C19H24N4O2/c1-22-9-11-23(12-10-22)19-16(6-4-8-20-19)14-21-18(25)13-15-5-2-3-7-17(15)24/h2-8,24H,9-14H2,1H3,(H,21,25). The Kier molecular flexibility index (Phi) is 5.50. The smallest absolute Gasteiger partial charge is 0.224 e. The van der Waals surface area contributed by atoms with Gasteiger partial charge >= 0.3 is 0 Å². The Balaban J connectivity index is 1.61. The Labute approximate surface area is 148 Å². The number of piperazine rings is 1. The van der Waals surface area contributed by atoms with Crippen molar-refractivity contribution < 1.29 is 9.90 Å². The number of para-hydroxylation sites is 1. The summed E-state index contributed by atoms with van der Waals surface area (Å²) in [5, 5.41) is 12.7. The average molecular weight is 340 g/mol. The van der Waals surface area contributed by atoms with Gasteiger partial charge in [-0.3, -0.25) is 4.79 Å². The van der Waals surface area contributed by atoms with Crippen molar-refractivity contribution in [1.82, 2.24) is 15.2 Å². The lowest BCUT2D eigenvalue weighted by Crippen LogP contribution is -2.45. The highest BCUT2D eigenvalue weighted by atomic mass is 16.3. The van der Waals surface area contributed by atoms with Crippen molar-refractivity contribution in [2.45, 2.75) is 13.0 Å². The van der Waals surface area contributed by atoms with Gasteiger partial charge in [-0.1, -0.05) is 24.3 Å². The monoisotopic (exact) mass is 340 g/mol. The number of aromatic hydroxyl groups is 1. The summed E-state index contributed by atoms with van der Waals surface area (Å²) in [6.45, 7) is 4.33. The van der Waals surface area contributed by atoms with Gasteiger partial charge in [0.25, 0.3) is 0 Å². The molecule has 132 valence electrons. The fourth-order valence-electron chi connectivity index (χ4n) is 2.96. The van der Waals surface area contributed by atoms with Crippen LogP contribution in [-0.2, 0) is 17.8 Å². The van der Waals surface area contributed by atoms with Gasteiger partial charge in [-0.15, -0.1) is 0 Å². The molecule has 3 rings (SSSR count). The zero-order valence-electron chi connectivity index (χ0n) is 14.5. The number of hydrogen-bond acceptors (Lipinski definition) is 5. The van der Waals surface area contributed by atoms with Crippen molar-refractivity contribution in [3.63, 3.8) is 0 Å². The fraction of sp³-hybridized carbons (Fsp3) is 0.368. The molecule has 1 aromatic carbocycles. The molecule has 6 heteroatoms. The maximum Gasteiger partial charge on any atom is 0.224 e. The van der Waals surface area contributed by atoms with Crippen LogP contribution in [0.25, 0.3) is 0 Å². The van der Waals surface area contributed by atoms with Crippen LogP contribution in [0.1, 0.15) is 11.1 Å². The number of rotatable bonds is 5. The molecule has 1 fully saturated rings. The highest BCUT2D eigenvalue weighted by molar-refractivity contribution is 5.79. The number of carbonyl (C=O) groups is 1. The van der Waals surface area contributed by atoms with Crippen LogP contribution in [0.4, 0.5) is 5.82 Å². The van der Waals surface area contributed by atoms with Gasteiger partial charge < -0.3 is 20.2 Å². The second kappa shape index (κ2) is 7.98. The van der Waals surface area contributed by atoms with Crippen LogP contribution in [0, 0.1) is 0 Å². The molecule has 1 amide bonds. The van der Waals surface area contributed by atoms with Gasteiger partial charge in [0, 0.05) is 50.0 Å². The second-order valence-electron chi connectivity index (χ2n) is 6.36. The molecule has 2 heterocycles. The maximum atomic E-state index is 12.2. The number of pyridine rings is 1. The molecule has 1 saturated heterocycles. The van der Waals surface area contributed by atoms with Crippen molar-refractivity contribution in [3.05, 3.63) is 53.7 Å². The first-order valence-electron chi connectivity index (χ1n) is 8.54. The fourth-order valence-corrected chi connectivity index (χ4v) is 2.96. The van der Waals surface area contributed by atoms with Gasteiger partial charge in [0.15, 0.2) is 0 Å². The van der Waals surface area contributed by atoms with E-state index in [2.05, 4.69) is 27.1 Å². The molecule has 6 nitrogen and oxygen atoms in total. The van der Waals surface area contributed by atoms with Crippen molar-refractivity contribution in [2.24, 2.45) is 0 Å². The third-order valence-corrected chi connectivity index (χ3v) is 4.49. The number of phenols is 1. The van der Waals surface area contributed by atoms with E-state index in [1.807, 2.05) is 18.2 Å². The Morgan fingerprint density at radius 1 is 1.12 bits per heavy atom. The number of carbonyl (C=O) groups excluding carboxylic acids is 1. The molecular weight excluding hydrogens is 316 g/mol. The summed E-state index contributed by atoms with van der Waals surface area (Å²) < 4.78 is 0. The maximum absolute atomic E-state index is 12.2. The molecule has 2 N–H and O–H groups in total. The van der Waals surface area contributed by atoms with E-state index in [-0.39, 0.29) is 18.1 Å². The van der Waals surface area contributed by atoms with E-state index in [9.17, 15) is 9.90 Å². The minimum atomic E-state index is -0.116. The van der Waals surface area contributed by atoms with E-state index >= 15 is 0 Å². The van der Waals surface area contributed by atoms with Gasteiger partial charge in [0.05, 0.1) is 6.42 Å². The second-order valence-corrected chi connectivity index (χ2v) is 6.36. The highest BCUT2D eigenvalue weighted by Gasteiger charge is 2.18. The Hall–Kier alpha value is -2.60. The summed E-state index contributed by atoms with van der Waals surface area (Å²) in [5.74, 6) is 0.977. The molecule has 0 spiro atoms. The van der Waals surface area contributed by atoms with Crippen molar-refractivity contribution >= 4 is 11.7 Å². The molecule has 0 unspecified atom stereocenters. The Morgan fingerprint density at radius 2 is 1.84 bits per heavy atom. The molecule has 1 aliphatic heterocycles. The summed E-state index contributed by atoms with van der Waals surface area (Å²) in [6, 6.07) is 10.8. The highest BCUT2D eigenvalue weighted by Crippen LogP contribution is 2.19. The molecule has 0 radical (unpaired) electrons. The first-order chi connectivity index (χ1) is 12.1. The lowest BCUT2D eigenvalue weighted by Gasteiger charge is -2.34. The van der Waals surface area contributed by atoms with E-state index in [0.29, 0.717) is 12.1 Å². The molecule has 0 aliphatic carbocycles. The molecule has 0 bridgehead atoms. The van der Waals surface area contributed by atoms with Crippen LogP contribution in [0.5, 0.6) is 5.75 Å². The van der Waals surface area contributed by atoms with Crippen LogP contribution in [0.2, 0.25) is 0 Å². The van der Waals surface area contributed by atoms with E-state index in [0.717, 1.165) is 37.6 Å². The first kappa shape index (κ1) is 17.2.